The van der Waals surface area contributed by atoms with E-state index in [2.05, 4.69) is 38.8 Å². The topological polar surface area (TPSA) is 18.5 Å². The van der Waals surface area contributed by atoms with Gasteiger partial charge in [0.25, 0.3) is 0 Å². The molecule has 0 spiro atoms. The summed E-state index contributed by atoms with van der Waals surface area (Å²) in [5.41, 5.74) is 1.09. The van der Waals surface area contributed by atoms with Crippen molar-refractivity contribution in [1.29, 1.82) is 0 Å². The average Bonchev–Trinajstić information content (AvgIpc) is 2.15. The summed E-state index contributed by atoms with van der Waals surface area (Å²) in [6.07, 6.45) is 0. The van der Waals surface area contributed by atoms with Gasteiger partial charge in [-0.25, -0.2) is 0 Å². The van der Waals surface area contributed by atoms with Crippen molar-refractivity contribution in [3.05, 3.63) is 22.2 Å². The monoisotopic (exact) mass is 322 g/mol. The van der Waals surface area contributed by atoms with E-state index in [1.165, 1.54) is 0 Å². The van der Waals surface area contributed by atoms with Crippen LogP contribution < -0.4 is 9.47 Å². The second-order valence-electron chi connectivity index (χ2n) is 2.84. The molecule has 14 heavy (non-hydrogen) atoms. The largest absolute Gasteiger partial charge is 0.497 e. The Morgan fingerprint density at radius 1 is 1.21 bits per heavy atom. The third kappa shape index (κ3) is 2.42. The van der Waals surface area contributed by atoms with Gasteiger partial charge in [-0.2, -0.15) is 0 Å². The number of methoxy groups -OCH3 is 2. The molecule has 1 unspecified atom stereocenters. The Morgan fingerprint density at radius 2 is 1.86 bits per heavy atom. The van der Waals surface area contributed by atoms with Gasteiger partial charge < -0.3 is 9.47 Å². The fourth-order valence-corrected chi connectivity index (χ4v) is 2.79. The van der Waals surface area contributed by atoms with Crippen LogP contribution in [0.4, 0.5) is 0 Å². The summed E-state index contributed by atoms with van der Waals surface area (Å²) in [5, 5.41) is 0. The molecule has 0 saturated heterocycles. The molecule has 0 fully saturated rings. The third-order valence-corrected chi connectivity index (χ3v) is 3.03. The van der Waals surface area contributed by atoms with Crippen LogP contribution in [0.2, 0.25) is 0 Å². The predicted molar refractivity (Wildman–Crippen MR) is 64.6 cm³/mol. The molecule has 4 heteroatoms. The van der Waals surface area contributed by atoms with E-state index in [9.17, 15) is 0 Å². The summed E-state index contributed by atoms with van der Waals surface area (Å²) in [7, 11) is 3.29. The Bertz CT molecular complexity index is 324. The zero-order valence-corrected chi connectivity index (χ0v) is 11.5. The predicted octanol–water partition coefficient (Wildman–Crippen LogP) is 3.92. The maximum Gasteiger partial charge on any atom is 0.128 e. The first kappa shape index (κ1) is 11.9. The molecule has 0 aromatic heterocycles. The fourth-order valence-electron chi connectivity index (χ4n) is 1.24. The molecule has 0 aliphatic heterocycles. The second kappa shape index (κ2) is 5.03. The Kier molecular flexibility index (Phi) is 4.26. The lowest BCUT2D eigenvalue weighted by atomic mass is 10.1. The molecule has 1 aromatic carbocycles. The molecule has 1 aromatic rings. The van der Waals surface area contributed by atoms with E-state index in [-0.39, 0.29) is 4.83 Å². The van der Waals surface area contributed by atoms with Crippen LogP contribution in [-0.2, 0) is 0 Å². The summed E-state index contributed by atoms with van der Waals surface area (Å²) >= 11 is 7.01. The molecule has 1 rings (SSSR count). The lowest BCUT2D eigenvalue weighted by Crippen LogP contribution is -1.95. The SMILES string of the molecule is COc1cc(Br)c(C(C)Br)c(OC)c1. The van der Waals surface area contributed by atoms with Crippen molar-refractivity contribution in [2.45, 2.75) is 11.8 Å². The average molecular weight is 324 g/mol. The molecule has 0 aliphatic carbocycles. The molecule has 0 amide bonds. The molecule has 78 valence electrons. The maximum atomic E-state index is 5.29. The maximum absolute atomic E-state index is 5.29. The molecule has 1 atom stereocenters. The lowest BCUT2D eigenvalue weighted by molar-refractivity contribution is 0.390. The first-order valence-corrected chi connectivity index (χ1v) is 5.86. The van der Waals surface area contributed by atoms with E-state index in [0.717, 1.165) is 21.5 Å². The number of halogens is 2. The molecular weight excluding hydrogens is 312 g/mol. The minimum absolute atomic E-state index is 0.234. The van der Waals surface area contributed by atoms with Crippen molar-refractivity contribution < 1.29 is 9.47 Å². The van der Waals surface area contributed by atoms with Gasteiger partial charge in [0, 0.05) is 20.9 Å². The molecule has 0 aliphatic rings. The van der Waals surface area contributed by atoms with E-state index in [0.29, 0.717) is 0 Å². The van der Waals surface area contributed by atoms with Crippen LogP contribution in [0.5, 0.6) is 11.5 Å². The number of benzene rings is 1. The van der Waals surface area contributed by atoms with Crippen LogP contribution in [0, 0.1) is 0 Å². The molecular formula is C10H12Br2O2. The zero-order chi connectivity index (χ0) is 10.7. The first-order valence-electron chi connectivity index (χ1n) is 4.15. The van der Waals surface area contributed by atoms with Gasteiger partial charge in [-0.05, 0) is 13.0 Å². The molecule has 0 saturated carbocycles. The van der Waals surface area contributed by atoms with Crippen LogP contribution in [0.25, 0.3) is 0 Å². The third-order valence-electron chi connectivity index (χ3n) is 1.92. The van der Waals surface area contributed by atoms with Crippen LogP contribution >= 0.6 is 31.9 Å². The standard InChI is InChI=1S/C10H12Br2O2/c1-6(11)10-8(12)4-7(13-2)5-9(10)14-3/h4-6H,1-3H3. The van der Waals surface area contributed by atoms with E-state index in [4.69, 9.17) is 9.47 Å². The summed E-state index contributed by atoms with van der Waals surface area (Å²) in [5.74, 6) is 1.60. The van der Waals surface area contributed by atoms with Crippen molar-refractivity contribution in [1.82, 2.24) is 0 Å². The summed E-state index contributed by atoms with van der Waals surface area (Å²) in [6, 6.07) is 3.80. The van der Waals surface area contributed by atoms with Crippen LogP contribution in [0.3, 0.4) is 0 Å². The van der Waals surface area contributed by atoms with E-state index in [1.807, 2.05) is 12.1 Å². The highest BCUT2D eigenvalue weighted by Gasteiger charge is 2.14. The zero-order valence-electron chi connectivity index (χ0n) is 8.30. The molecule has 0 N–H and O–H groups in total. The van der Waals surface area contributed by atoms with Crippen molar-refractivity contribution in [3.8, 4) is 11.5 Å². The highest BCUT2D eigenvalue weighted by molar-refractivity contribution is 9.11. The number of hydrogen-bond donors (Lipinski definition) is 0. The van der Waals surface area contributed by atoms with E-state index in [1.54, 1.807) is 14.2 Å². The highest BCUT2D eigenvalue weighted by atomic mass is 79.9. The van der Waals surface area contributed by atoms with Gasteiger partial charge in [0.05, 0.1) is 14.2 Å². The number of rotatable bonds is 3. The van der Waals surface area contributed by atoms with Crippen LogP contribution in [0.15, 0.2) is 16.6 Å². The van der Waals surface area contributed by atoms with Crippen LogP contribution in [-0.4, -0.2) is 14.2 Å². The van der Waals surface area contributed by atoms with Gasteiger partial charge in [-0.3, -0.25) is 0 Å². The Morgan fingerprint density at radius 3 is 2.29 bits per heavy atom. The van der Waals surface area contributed by atoms with Gasteiger partial charge in [-0.1, -0.05) is 31.9 Å². The first-order chi connectivity index (χ1) is 6.60. The van der Waals surface area contributed by atoms with Gasteiger partial charge >= 0.3 is 0 Å². The van der Waals surface area contributed by atoms with E-state index < -0.39 is 0 Å². The Balaban J connectivity index is 3.27. The fraction of sp³-hybridized carbons (Fsp3) is 0.400. The second-order valence-corrected chi connectivity index (χ2v) is 5.07. The Labute approximate surface area is 101 Å². The van der Waals surface area contributed by atoms with Crippen LogP contribution in [0.1, 0.15) is 17.3 Å². The van der Waals surface area contributed by atoms with Gasteiger partial charge in [-0.15, -0.1) is 0 Å². The van der Waals surface area contributed by atoms with E-state index >= 15 is 0 Å². The number of ether oxygens (including phenoxy) is 2. The van der Waals surface area contributed by atoms with Gasteiger partial charge in [0.1, 0.15) is 11.5 Å². The highest BCUT2D eigenvalue weighted by Crippen LogP contribution is 2.39. The summed E-state index contributed by atoms with van der Waals surface area (Å²) in [4.78, 5) is 0.234. The van der Waals surface area contributed by atoms with Crippen molar-refractivity contribution in [2.75, 3.05) is 14.2 Å². The normalized spacial score (nSPS) is 12.4. The minimum Gasteiger partial charge on any atom is -0.497 e. The molecule has 0 radical (unpaired) electrons. The van der Waals surface area contributed by atoms with Crippen molar-refractivity contribution in [3.63, 3.8) is 0 Å². The lowest BCUT2D eigenvalue weighted by Gasteiger charge is -2.14. The van der Waals surface area contributed by atoms with Gasteiger partial charge in [0.2, 0.25) is 0 Å². The quantitative estimate of drug-likeness (QED) is 0.785. The number of alkyl halides is 1. The van der Waals surface area contributed by atoms with Gasteiger partial charge in [0.15, 0.2) is 0 Å². The Hall–Kier alpha value is -0.220. The van der Waals surface area contributed by atoms with Crippen molar-refractivity contribution >= 4 is 31.9 Å². The number of hydrogen-bond acceptors (Lipinski definition) is 2. The smallest absolute Gasteiger partial charge is 0.128 e. The molecule has 0 heterocycles. The molecule has 2 nitrogen and oxygen atoms in total. The summed E-state index contributed by atoms with van der Waals surface area (Å²) in [6.45, 7) is 2.05. The summed E-state index contributed by atoms with van der Waals surface area (Å²) < 4.78 is 11.4. The van der Waals surface area contributed by atoms with Crippen molar-refractivity contribution in [2.24, 2.45) is 0 Å². The minimum atomic E-state index is 0.234. The molecule has 0 bridgehead atoms.